The topological polar surface area (TPSA) is 58.6 Å². The summed E-state index contributed by atoms with van der Waals surface area (Å²) in [6.07, 6.45) is 0. The van der Waals surface area contributed by atoms with Gasteiger partial charge in [-0.2, -0.15) is 0 Å². The fourth-order valence-electron chi connectivity index (χ4n) is 2.29. The molecule has 0 saturated carbocycles. The molecule has 0 aliphatic carbocycles. The van der Waals surface area contributed by atoms with Gasteiger partial charge in [-0.15, -0.1) is 0 Å². The Morgan fingerprint density at radius 1 is 1.15 bits per heavy atom. The van der Waals surface area contributed by atoms with Gasteiger partial charge in [-0.25, -0.2) is 0 Å². The number of nitrogens with zero attached hydrogens (tertiary/aromatic N) is 1. The van der Waals surface area contributed by atoms with E-state index in [1.54, 1.807) is 48.3 Å². The number of methoxy groups -OCH3 is 1. The smallest absolute Gasteiger partial charge is 0.238 e. The van der Waals surface area contributed by atoms with Crippen molar-refractivity contribution in [3.05, 3.63) is 51.5 Å². The van der Waals surface area contributed by atoms with Crippen LogP contribution in [0.5, 0.6) is 5.75 Å². The van der Waals surface area contributed by atoms with Crippen molar-refractivity contribution in [1.82, 2.24) is 4.90 Å². The van der Waals surface area contributed by atoms with E-state index < -0.39 is 10.8 Å². The number of hydrogen-bond donors (Lipinski definition) is 1. The largest absolute Gasteiger partial charge is 0.495 e. The van der Waals surface area contributed by atoms with Crippen molar-refractivity contribution in [3.63, 3.8) is 0 Å². The molecule has 0 spiro atoms. The summed E-state index contributed by atoms with van der Waals surface area (Å²) in [4.78, 5) is 14.5. The van der Waals surface area contributed by atoms with Crippen LogP contribution in [0, 0.1) is 0 Å². The van der Waals surface area contributed by atoms with Gasteiger partial charge in [-0.05, 0) is 43.4 Å². The molecule has 0 fully saturated rings. The number of likely N-dealkylation sites (N-methyl/N-ethyl adjacent to an activating group) is 1. The Labute approximate surface area is 176 Å². The minimum Gasteiger partial charge on any atom is -0.495 e. The van der Waals surface area contributed by atoms with E-state index in [0.717, 1.165) is 0 Å². The number of benzene rings is 2. The molecule has 0 heterocycles. The average molecular weight is 450 g/mol. The summed E-state index contributed by atoms with van der Waals surface area (Å²) in [6.45, 7) is 0.561. The molecule has 0 aliphatic rings. The molecule has 2 rings (SSSR count). The number of hydrogen-bond acceptors (Lipinski definition) is 4. The van der Waals surface area contributed by atoms with Gasteiger partial charge in [0.25, 0.3) is 0 Å². The predicted molar refractivity (Wildman–Crippen MR) is 112 cm³/mol. The Hall–Kier alpha value is -1.31. The van der Waals surface area contributed by atoms with E-state index in [-0.39, 0.29) is 12.5 Å². The lowest BCUT2D eigenvalue weighted by Gasteiger charge is -2.17. The van der Waals surface area contributed by atoms with Crippen molar-refractivity contribution in [3.8, 4) is 5.75 Å². The highest BCUT2D eigenvalue weighted by Crippen LogP contribution is 2.27. The molecule has 0 aromatic heterocycles. The number of anilines is 1. The van der Waals surface area contributed by atoms with Crippen LogP contribution in [0.15, 0.2) is 41.3 Å². The van der Waals surface area contributed by atoms with Crippen LogP contribution in [0.25, 0.3) is 0 Å². The zero-order chi connectivity index (χ0) is 20.0. The van der Waals surface area contributed by atoms with E-state index in [1.807, 2.05) is 0 Å². The molecule has 27 heavy (non-hydrogen) atoms. The molecule has 146 valence electrons. The molecule has 1 unspecified atom stereocenters. The molecule has 9 heteroatoms. The molecule has 1 amide bonds. The van der Waals surface area contributed by atoms with Gasteiger partial charge in [-0.1, -0.05) is 34.8 Å². The highest BCUT2D eigenvalue weighted by atomic mass is 35.5. The first-order valence-electron chi connectivity index (χ1n) is 7.95. The Kier molecular flexibility index (Phi) is 8.38. The second-order valence-corrected chi connectivity index (χ2v) is 8.57. The van der Waals surface area contributed by atoms with Crippen LogP contribution >= 0.6 is 34.8 Å². The first-order valence-corrected chi connectivity index (χ1v) is 10.4. The lowest BCUT2D eigenvalue weighted by atomic mass is 10.3. The van der Waals surface area contributed by atoms with Crippen molar-refractivity contribution in [2.75, 3.05) is 38.3 Å². The standard InChI is InChI=1S/C18H19Cl3N2O3S/c1-23(7-8-27(25)17-10-13(20)3-5-14(17)21)11-18(24)22-15-9-12(19)4-6-16(15)26-2/h3-6,9-10H,7-8,11H2,1-2H3,(H,22,24). The van der Waals surface area contributed by atoms with Crippen molar-refractivity contribution in [2.45, 2.75) is 4.90 Å². The first kappa shape index (κ1) is 22.0. The maximum Gasteiger partial charge on any atom is 0.238 e. The van der Waals surface area contributed by atoms with Crippen LogP contribution in [0.4, 0.5) is 5.69 Å². The van der Waals surface area contributed by atoms with E-state index in [1.165, 1.54) is 7.11 Å². The molecule has 1 N–H and O–H groups in total. The van der Waals surface area contributed by atoms with Crippen molar-refractivity contribution < 1.29 is 13.7 Å². The van der Waals surface area contributed by atoms with Crippen LogP contribution in [0.3, 0.4) is 0 Å². The summed E-state index contributed by atoms with van der Waals surface area (Å²) in [6, 6.07) is 9.84. The number of nitrogens with one attached hydrogen (secondary N) is 1. The Morgan fingerprint density at radius 3 is 2.52 bits per heavy atom. The molecular formula is C18H19Cl3N2O3S. The van der Waals surface area contributed by atoms with Crippen LogP contribution in [-0.4, -0.2) is 48.0 Å². The molecular weight excluding hydrogens is 431 g/mol. The highest BCUT2D eigenvalue weighted by Gasteiger charge is 2.14. The van der Waals surface area contributed by atoms with Crippen molar-refractivity contribution >= 4 is 57.2 Å². The molecule has 5 nitrogen and oxygen atoms in total. The van der Waals surface area contributed by atoms with Gasteiger partial charge >= 0.3 is 0 Å². The molecule has 2 aromatic carbocycles. The number of carbonyl (C=O) groups excluding carboxylic acids is 1. The van der Waals surface area contributed by atoms with Crippen LogP contribution < -0.4 is 10.1 Å². The van der Waals surface area contributed by atoms with Crippen molar-refractivity contribution in [2.24, 2.45) is 0 Å². The summed E-state index contributed by atoms with van der Waals surface area (Å²) < 4.78 is 17.6. The number of ether oxygens (including phenoxy) is 1. The third kappa shape index (κ3) is 6.66. The van der Waals surface area contributed by atoms with Crippen molar-refractivity contribution in [1.29, 1.82) is 0 Å². The second-order valence-electron chi connectivity index (χ2n) is 5.75. The Morgan fingerprint density at radius 2 is 1.81 bits per heavy atom. The summed E-state index contributed by atoms with van der Waals surface area (Å²) >= 11 is 18.0. The Balaban J connectivity index is 1.89. The van der Waals surface area contributed by atoms with Gasteiger partial charge in [0.05, 0.1) is 40.1 Å². The normalized spacial score (nSPS) is 12.1. The maximum absolute atomic E-state index is 12.4. The summed E-state index contributed by atoms with van der Waals surface area (Å²) in [5, 5.41) is 4.14. The van der Waals surface area contributed by atoms with Gasteiger partial charge in [0.2, 0.25) is 5.91 Å². The minimum atomic E-state index is -1.31. The predicted octanol–water partition coefficient (Wildman–Crippen LogP) is 4.33. The monoisotopic (exact) mass is 448 g/mol. The maximum atomic E-state index is 12.4. The summed E-state index contributed by atoms with van der Waals surface area (Å²) in [5.41, 5.74) is 0.498. The van der Waals surface area contributed by atoms with Crippen LogP contribution in [0.1, 0.15) is 0 Å². The first-order chi connectivity index (χ1) is 12.8. The fraction of sp³-hybridized carbons (Fsp3) is 0.278. The quantitative estimate of drug-likeness (QED) is 0.651. The minimum absolute atomic E-state index is 0.121. The van der Waals surface area contributed by atoms with E-state index in [4.69, 9.17) is 39.5 Å². The van der Waals surface area contributed by atoms with E-state index in [9.17, 15) is 9.00 Å². The molecule has 0 bridgehead atoms. The third-order valence-corrected chi connectivity index (χ3v) is 5.94. The molecule has 2 aromatic rings. The van der Waals surface area contributed by atoms with Crippen LogP contribution in [0.2, 0.25) is 15.1 Å². The highest BCUT2D eigenvalue weighted by molar-refractivity contribution is 7.85. The number of carbonyl (C=O) groups is 1. The SMILES string of the molecule is COc1ccc(Cl)cc1NC(=O)CN(C)CCS(=O)c1cc(Cl)ccc1Cl. The van der Waals surface area contributed by atoms with Gasteiger partial charge in [0.15, 0.2) is 0 Å². The molecule has 0 radical (unpaired) electrons. The lowest BCUT2D eigenvalue weighted by molar-refractivity contribution is -0.117. The second kappa shape index (κ2) is 10.3. The fourth-order valence-corrected chi connectivity index (χ4v) is 4.32. The van der Waals surface area contributed by atoms with E-state index in [2.05, 4.69) is 5.32 Å². The molecule has 0 saturated heterocycles. The number of amides is 1. The van der Waals surface area contributed by atoms with E-state index >= 15 is 0 Å². The summed E-state index contributed by atoms with van der Waals surface area (Å²) in [7, 11) is 1.97. The van der Waals surface area contributed by atoms with Gasteiger partial charge in [-0.3, -0.25) is 13.9 Å². The van der Waals surface area contributed by atoms with Gasteiger partial charge in [0.1, 0.15) is 5.75 Å². The third-order valence-electron chi connectivity index (χ3n) is 3.65. The van der Waals surface area contributed by atoms with Gasteiger partial charge in [0, 0.05) is 22.3 Å². The Bertz CT molecular complexity index is 849. The zero-order valence-electron chi connectivity index (χ0n) is 14.8. The number of rotatable bonds is 8. The average Bonchev–Trinajstić information content (AvgIpc) is 2.61. The van der Waals surface area contributed by atoms with Crippen LogP contribution in [-0.2, 0) is 15.6 Å². The molecule has 0 aliphatic heterocycles. The summed E-state index contributed by atoms with van der Waals surface area (Å²) in [5.74, 6) is 0.612. The van der Waals surface area contributed by atoms with E-state index in [0.29, 0.717) is 43.7 Å². The lowest BCUT2D eigenvalue weighted by Crippen LogP contribution is -2.33. The zero-order valence-corrected chi connectivity index (χ0v) is 17.9. The van der Waals surface area contributed by atoms with Gasteiger partial charge < -0.3 is 10.1 Å². The molecule has 1 atom stereocenters. The number of halogens is 3.